The van der Waals surface area contributed by atoms with Crippen LogP contribution < -0.4 is 5.73 Å². The Kier molecular flexibility index (Phi) is 5.78. The van der Waals surface area contributed by atoms with E-state index in [0.29, 0.717) is 6.54 Å². The third-order valence-electron chi connectivity index (χ3n) is 3.65. The van der Waals surface area contributed by atoms with E-state index in [0.717, 1.165) is 30.6 Å². The lowest BCUT2D eigenvalue weighted by atomic mass is 10.1. The van der Waals surface area contributed by atoms with E-state index in [1.165, 1.54) is 5.56 Å². The highest BCUT2D eigenvalue weighted by Crippen LogP contribution is 2.15. The number of rotatable bonds is 7. The second-order valence-electron chi connectivity index (χ2n) is 5.53. The molecule has 3 heteroatoms. The second-order valence-corrected chi connectivity index (χ2v) is 5.53. The Hall–Kier alpha value is -1.84. The van der Waals surface area contributed by atoms with Crippen LogP contribution in [0.15, 0.2) is 54.6 Å². The third-order valence-corrected chi connectivity index (χ3v) is 3.65. The van der Waals surface area contributed by atoms with Crippen LogP contribution in [0.2, 0.25) is 0 Å². The van der Waals surface area contributed by atoms with Crippen LogP contribution in [-0.2, 0) is 6.42 Å². The highest BCUT2D eigenvalue weighted by Gasteiger charge is 2.10. The summed E-state index contributed by atoms with van der Waals surface area (Å²) in [6, 6.07) is 17.9. The van der Waals surface area contributed by atoms with Gasteiger partial charge >= 0.3 is 0 Å². The van der Waals surface area contributed by atoms with Gasteiger partial charge in [0.25, 0.3) is 0 Å². The quantitative estimate of drug-likeness (QED) is 0.769. The second kappa shape index (κ2) is 7.81. The molecule has 0 aliphatic rings. The Labute approximate surface area is 127 Å². The van der Waals surface area contributed by atoms with Crippen LogP contribution >= 0.6 is 0 Å². The van der Waals surface area contributed by atoms with E-state index in [4.69, 9.17) is 5.73 Å². The van der Waals surface area contributed by atoms with Crippen LogP contribution in [0, 0.1) is 0 Å². The molecule has 3 N–H and O–H groups in total. The number of nitrogens with zero attached hydrogens (tertiary/aromatic N) is 1. The summed E-state index contributed by atoms with van der Waals surface area (Å²) in [7, 11) is 2.05. The zero-order valence-electron chi connectivity index (χ0n) is 12.6. The molecule has 0 radical (unpaired) electrons. The van der Waals surface area contributed by atoms with Gasteiger partial charge in [0, 0.05) is 12.2 Å². The van der Waals surface area contributed by atoms with Crippen molar-refractivity contribution in [3.63, 3.8) is 0 Å². The van der Waals surface area contributed by atoms with E-state index in [1.54, 1.807) is 0 Å². The average molecular weight is 284 g/mol. The highest BCUT2D eigenvalue weighted by atomic mass is 16.3. The third kappa shape index (κ3) is 5.21. The normalized spacial score (nSPS) is 12.5. The molecule has 0 aliphatic carbocycles. The summed E-state index contributed by atoms with van der Waals surface area (Å²) in [6.45, 7) is 1.61. The van der Waals surface area contributed by atoms with Crippen molar-refractivity contribution in [2.45, 2.75) is 18.9 Å². The van der Waals surface area contributed by atoms with Crippen molar-refractivity contribution in [3.8, 4) is 0 Å². The van der Waals surface area contributed by atoms with Crippen molar-refractivity contribution in [2.75, 3.05) is 25.9 Å². The number of aliphatic hydroxyl groups excluding tert-OH is 1. The molecule has 0 amide bonds. The number of nitrogens with two attached hydrogens (primary N) is 1. The number of nitrogen functional groups attached to an aromatic ring is 1. The van der Waals surface area contributed by atoms with Crippen LogP contribution in [-0.4, -0.2) is 30.1 Å². The summed E-state index contributed by atoms with van der Waals surface area (Å²) in [5, 5.41) is 10.2. The van der Waals surface area contributed by atoms with Crippen LogP contribution in [0.4, 0.5) is 5.69 Å². The molecule has 0 aliphatic heterocycles. The Morgan fingerprint density at radius 2 is 1.71 bits per heavy atom. The fraction of sp³-hybridized carbons (Fsp3) is 0.333. The minimum atomic E-state index is -0.465. The van der Waals surface area contributed by atoms with Crippen LogP contribution in [0.5, 0.6) is 0 Å². The van der Waals surface area contributed by atoms with Gasteiger partial charge in [0.05, 0.1) is 6.10 Å². The van der Waals surface area contributed by atoms with E-state index < -0.39 is 6.10 Å². The summed E-state index contributed by atoms with van der Waals surface area (Å²) in [5.41, 5.74) is 8.66. The Morgan fingerprint density at radius 3 is 2.38 bits per heavy atom. The molecule has 0 heterocycles. The molecule has 0 bridgehead atoms. The fourth-order valence-electron chi connectivity index (χ4n) is 2.41. The van der Waals surface area contributed by atoms with E-state index >= 15 is 0 Å². The molecule has 0 saturated heterocycles. The molecular formula is C18H24N2O. The monoisotopic (exact) mass is 284 g/mol. The first-order valence-electron chi connectivity index (χ1n) is 7.41. The summed E-state index contributed by atoms with van der Waals surface area (Å²) in [6.07, 6.45) is 1.70. The number of likely N-dealkylation sites (N-methyl/N-ethyl adjacent to an activating group) is 1. The lowest BCUT2D eigenvalue weighted by molar-refractivity contribution is 0.126. The lowest BCUT2D eigenvalue weighted by Crippen LogP contribution is -2.26. The number of hydrogen-bond donors (Lipinski definition) is 2. The number of anilines is 1. The fourth-order valence-corrected chi connectivity index (χ4v) is 2.41. The number of aryl methyl sites for hydroxylation is 1. The molecule has 0 spiro atoms. The van der Waals surface area contributed by atoms with Crippen molar-refractivity contribution in [2.24, 2.45) is 0 Å². The number of benzene rings is 2. The van der Waals surface area contributed by atoms with Gasteiger partial charge in [0.2, 0.25) is 0 Å². The topological polar surface area (TPSA) is 49.5 Å². The van der Waals surface area contributed by atoms with Crippen molar-refractivity contribution in [1.29, 1.82) is 0 Å². The largest absolute Gasteiger partial charge is 0.399 e. The summed E-state index contributed by atoms with van der Waals surface area (Å²) < 4.78 is 0. The van der Waals surface area contributed by atoms with Gasteiger partial charge in [0.1, 0.15) is 0 Å². The SMILES string of the molecule is CN(CCCc1ccccc1)CC(O)c1ccc(N)cc1. The van der Waals surface area contributed by atoms with Gasteiger partial charge in [0.15, 0.2) is 0 Å². The Morgan fingerprint density at radius 1 is 1.05 bits per heavy atom. The predicted octanol–water partition coefficient (Wildman–Crippen LogP) is 2.87. The Balaban J connectivity index is 1.73. The molecule has 3 nitrogen and oxygen atoms in total. The van der Waals surface area contributed by atoms with Gasteiger partial charge in [-0.25, -0.2) is 0 Å². The van der Waals surface area contributed by atoms with E-state index in [2.05, 4.69) is 29.2 Å². The maximum Gasteiger partial charge on any atom is 0.0916 e. The van der Waals surface area contributed by atoms with Crippen molar-refractivity contribution >= 4 is 5.69 Å². The molecule has 21 heavy (non-hydrogen) atoms. The molecule has 2 aromatic carbocycles. The summed E-state index contributed by atoms with van der Waals surface area (Å²) in [4.78, 5) is 2.17. The zero-order chi connectivity index (χ0) is 15.1. The average Bonchev–Trinajstić information content (AvgIpc) is 2.49. The van der Waals surface area contributed by atoms with E-state index in [1.807, 2.05) is 37.4 Å². The van der Waals surface area contributed by atoms with Crippen LogP contribution in [0.25, 0.3) is 0 Å². The molecule has 1 unspecified atom stereocenters. The van der Waals surface area contributed by atoms with Gasteiger partial charge in [-0.3, -0.25) is 0 Å². The molecule has 1 atom stereocenters. The van der Waals surface area contributed by atoms with Gasteiger partial charge in [-0.1, -0.05) is 42.5 Å². The molecule has 0 saturated carbocycles. The van der Waals surface area contributed by atoms with Crippen molar-refractivity contribution in [1.82, 2.24) is 4.90 Å². The minimum absolute atomic E-state index is 0.465. The summed E-state index contributed by atoms with van der Waals surface area (Å²) in [5.74, 6) is 0. The molecule has 2 aromatic rings. The lowest BCUT2D eigenvalue weighted by Gasteiger charge is -2.20. The molecule has 2 rings (SSSR count). The summed E-state index contributed by atoms with van der Waals surface area (Å²) >= 11 is 0. The van der Waals surface area contributed by atoms with Crippen LogP contribution in [0.1, 0.15) is 23.7 Å². The van der Waals surface area contributed by atoms with Crippen molar-refractivity contribution in [3.05, 3.63) is 65.7 Å². The van der Waals surface area contributed by atoms with E-state index in [-0.39, 0.29) is 0 Å². The zero-order valence-corrected chi connectivity index (χ0v) is 12.6. The standard InChI is InChI=1S/C18H24N2O/c1-20(13-5-8-15-6-3-2-4-7-15)14-18(21)16-9-11-17(19)12-10-16/h2-4,6-7,9-12,18,21H,5,8,13-14,19H2,1H3. The molecule has 0 fully saturated rings. The van der Waals surface area contributed by atoms with Gasteiger partial charge < -0.3 is 15.7 Å². The first-order chi connectivity index (χ1) is 10.1. The number of aliphatic hydroxyl groups is 1. The Bertz CT molecular complexity index is 525. The first kappa shape index (κ1) is 15.5. The highest BCUT2D eigenvalue weighted by molar-refractivity contribution is 5.39. The predicted molar refractivity (Wildman–Crippen MR) is 88.1 cm³/mol. The van der Waals surface area contributed by atoms with Gasteiger partial charge in [-0.05, 0) is 49.7 Å². The smallest absolute Gasteiger partial charge is 0.0916 e. The van der Waals surface area contributed by atoms with Gasteiger partial charge in [-0.15, -0.1) is 0 Å². The number of hydrogen-bond acceptors (Lipinski definition) is 3. The molecular weight excluding hydrogens is 260 g/mol. The first-order valence-corrected chi connectivity index (χ1v) is 7.41. The van der Waals surface area contributed by atoms with Crippen molar-refractivity contribution < 1.29 is 5.11 Å². The van der Waals surface area contributed by atoms with Crippen LogP contribution in [0.3, 0.4) is 0 Å². The minimum Gasteiger partial charge on any atom is -0.399 e. The molecule has 0 aromatic heterocycles. The van der Waals surface area contributed by atoms with E-state index in [9.17, 15) is 5.11 Å². The van der Waals surface area contributed by atoms with Gasteiger partial charge in [-0.2, -0.15) is 0 Å². The molecule has 112 valence electrons. The maximum atomic E-state index is 10.2. The maximum absolute atomic E-state index is 10.2.